The second-order valence-corrected chi connectivity index (χ2v) is 7.88. The molecule has 1 atom stereocenters. The van der Waals surface area contributed by atoms with Gasteiger partial charge in [0, 0.05) is 18.5 Å². The number of hydrogen-bond donors (Lipinski definition) is 2. The first-order valence-corrected chi connectivity index (χ1v) is 10.5. The van der Waals surface area contributed by atoms with Crippen LogP contribution in [0.25, 0.3) is 6.08 Å². The van der Waals surface area contributed by atoms with Crippen molar-refractivity contribution < 1.29 is 4.79 Å². The van der Waals surface area contributed by atoms with E-state index in [1.807, 2.05) is 12.1 Å². The van der Waals surface area contributed by atoms with Gasteiger partial charge >= 0.3 is 6.03 Å². The second-order valence-electron chi connectivity index (χ2n) is 7.07. The number of carbonyl (C=O) groups is 1. The number of nitrogens with zero attached hydrogens (tertiary/aromatic N) is 2. The van der Waals surface area contributed by atoms with E-state index in [-0.39, 0.29) is 17.6 Å². The highest BCUT2D eigenvalue weighted by molar-refractivity contribution is 6.42. The van der Waals surface area contributed by atoms with E-state index in [0.717, 1.165) is 24.8 Å². The molecule has 1 aliphatic rings. The van der Waals surface area contributed by atoms with Crippen LogP contribution in [-0.2, 0) is 13.0 Å². The second kappa shape index (κ2) is 9.94. The predicted molar refractivity (Wildman–Crippen MR) is 117 cm³/mol. The lowest BCUT2D eigenvalue weighted by molar-refractivity contribution is 0.238. The van der Waals surface area contributed by atoms with Crippen LogP contribution in [0.5, 0.6) is 0 Å². The minimum absolute atomic E-state index is 0.124. The molecule has 1 aromatic heterocycles. The fourth-order valence-corrected chi connectivity index (χ4v) is 3.54. The average molecular weight is 435 g/mol. The van der Waals surface area contributed by atoms with E-state index in [1.54, 1.807) is 22.8 Å². The van der Waals surface area contributed by atoms with Crippen LogP contribution in [-0.4, -0.2) is 28.2 Å². The van der Waals surface area contributed by atoms with Crippen molar-refractivity contribution in [3.8, 4) is 0 Å². The van der Waals surface area contributed by atoms with Crippen molar-refractivity contribution in [3.05, 3.63) is 67.8 Å². The van der Waals surface area contributed by atoms with Gasteiger partial charge in [-0.2, -0.15) is 0 Å². The van der Waals surface area contributed by atoms with Gasteiger partial charge in [0.15, 0.2) is 0 Å². The lowest BCUT2D eigenvalue weighted by atomic mass is 9.99. The minimum Gasteiger partial charge on any atom is -0.338 e. The van der Waals surface area contributed by atoms with Crippen molar-refractivity contribution in [3.63, 3.8) is 0 Å². The van der Waals surface area contributed by atoms with Crippen LogP contribution in [0.15, 0.2) is 35.4 Å². The molecule has 29 heavy (non-hydrogen) atoms. The number of amides is 2. The number of carbonyl (C=O) groups excluding carboxylic acids is 1. The van der Waals surface area contributed by atoms with Crippen molar-refractivity contribution in [1.82, 2.24) is 20.2 Å². The van der Waals surface area contributed by atoms with Crippen molar-refractivity contribution in [2.75, 3.05) is 6.54 Å². The summed E-state index contributed by atoms with van der Waals surface area (Å²) in [7, 11) is 0. The Kier molecular flexibility index (Phi) is 7.34. The summed E-state index contributed by atoms with van der Waals surface area (Å²) in [6.45, 7) is 3.10. The summed E-state index contributed by atoms with van der Waals surface area (Å²) in [6.07, 6.45) is 8.73. The zero-order chi connectivity index (χ0) is 20.8. The molecule has 0 bridgehead atoms. The van der Waals surface area contributed by atoms with Gasteiger partial charge in [-0.15, -0.1) is 0 Å². The predicted octanol–water partition coefficient (Wildman–Crippen LogP) is 4.03. The van der Waals surface area contributed by atoms with E-state index >= 15 is 0 Å². The molecule has 0 radical (unpaired) electrons. The van der Waals surface area contributed by atoms with Crippen molar-refractivity contribution >= 4 is 35.3 Å². The smallest absolute Gasteiger partial charge is 0.315 e. The van der Waals surface area contributed by atoms with E-state index in [9.17, 15) is 9.59 Å². The van der Waals surface area contributed by atoms with Crippen LogP contribution in [0.2, 0.25) is 10.0 Å². The number of fused-ring (bicyclic) bond motifs is 1. The summed E-state index contributed by atoms with van der Waals surface area (Å²) in [4.78, 5) is 29.4. The summed E-state index contributed by atoms with van der Waals surface area (Å²) >= 11 is 12.0. The van der Waals surface area contributed by atoms with E-state index in [0.29, 0.717) is 40.8 Å². The normalized spacial score (nSPS) is 15.1. The van der Waals surface area contributed by atoms with Crippen LogP contribution < -0.4 is 16.2 Å². The number of urea groups is 1. The lowest BCUT2D eigenvalue weighted by Crippen LogP contribution is -2.44. The molecule has 0 aliphatic heterocycles. The zero-order valence-electron chi connectivity index (χ0n) is 16.3. The highest BCUT2D eigenvalue weighted by Gasteiger charge is 2.20. The molecule has 1 unspecified atom stereocenters. The van der Waals surface area contributed by atoms with Gasteiger partial charge in [0.25, 0.3) is 5.56 Å². The maximum Gasteiger partial charge on any atom is 0.315 e. The molecule has 2 amide bonds. The maximum absolute atomic E-state index is 12.9. The average Bonchev–Trinajstić information content (AvgIpc) is 2.70. The van der Waals surface area contributed by atoms with E-state index in [4.69, 9.17) is 23.2 Å². The molecular formula is C21H24Cl2N4O2. The first-order valence-electron chi connectivity index (χ1n) is 9.72. The first-order chi connectivity index (χ1) is 14.0. The maximum atomic E-state index is 12.9. The highest BCUT2D eigenvalue weighted by atomic mass is 35.5. The van der Waals surface area contributed by atoms with E-state index < -0.39 is 0 Å². The summed E-state index contributed by atoms with van der Waals surface area (Å²) < 4.78 is 1.54. The van der Waals surface area contributed by atoms with Crippen LogP contribution in [0, 0.1) is 0 Å². The molecule has 2 aromatic rings. The van der Waals surface area contributed by atoms with Crippen LogP contribution >= 0.6 is 23.2 Å². The molecule has 8 heteroatoms. The molecule has 1 heterocycles. The number of benzene rings is 1. The first kappa shape index (κ1) is 21.4. The van der Waals surface area contributed by atoms with Gasteiger partial charge in [0.1, 0.15) is 0 Å². The molecule has 1 aliphatic carbocycles. The molecule has 0 saturated carbocycles. The molecule has 1 aromatic carbocycles. The molecule has 3 rings (SSSR count). The SMILES string of the molecule is CCCCCNC(=O)NC1C=Cc2ncn(Cc3ccc(Cl)c(Cl)c3)c(=O)c2C1. The molecule has 154 valence electrons. The Balaban J connectivity index is 1.68. The van der Waals surface area contributed by atoms with Gasteiger partial charge in [-0.05, 0) is 30.2 Å². The Morgan fingerprint density at radius 1 is 1.28 bits per heavy atom. The quantitative estimate of drug-likeness (QED) is 0.645. The number of halogens is 2. The van der Waals surface area contributed by atoms with Crippen LogP contribution in [0.4, 0.5) is 4.79 Å². The molecule has 0 spiro atoms. The third-order valence-corrected chi connectivity index (χ3v) is 5.53. The third-order valence-electron chi connectivity index (χ3n) is 4.79. The lowest BCUT2D eigenvalue weighted by Gasteiger charge is -2.20. The minimum atomic E-state index is -0.246. The zero-order valence-corrected chi connectivity index (χ0v) is 17.8. The fourth-order valence-electron chi connectivity index (χ4n) is 3.22. The van der Waals surface area contributed by atoms with Crippen molar-refractivity contribution in [2.45, 2.75) is 45.2 Å². The highest BCUT2D eigenvalue weighted by Crippen LogP contribution is 2.23. The van der Waals surface area contributed by atoms with Gasteiger partial charge in [-0.3, -0.25) is 9.36 Å². The van der Waals surface area contributed by atoms with Gasteiger partial charge in [-0.1, -0.05) is 55.1 Å². The van der Waals surface area contributed by atoms with Crippen LogP contribution in [0.3, 0.4) is 0 Å². The van der Waals surface area contributed by atoms with Gasteiger partial charge < -0.3 is 10.6 Å². The van der Waals surface area contributed by atoms with Crippen LogP contribution in [0.1, 0.15) is 43.0 Å². The molecule has 2 N–H and O–H groups in total. The number of rotatable bonds is 7. The van der Waals surface area contributed by atoms with E-state index in [2.05, 4.69) is 22.5 Å². The number of hydrogen-bond acceptors (Lipinski definition) is 3. The monoisotopic (exact) mass is 434 g/mol. The molecular weight excluding hydrogens is 411 g/mol. The topological polar surface area (TPSA) is 76.0 Å². The summed E-state index contributed by atoms with van der Waals surface area (Å²) in [5, 5.41) is 6.67. The Bertz CT molecular complexity index is 972. The Hall–Kier alpha value is -2.31. The Labute approximate surface area is 179 Å². The summed E-state index contributed by atoms with van der Waals surface area (Å²) in [5.74, 6) is 0. The third kappa shape index (κ3) is 5.61. The Morgan fingerprint density at radius 3 is 2.86 bits per heavy atom. The summed E-state index contributed by atoms with van der Waals surface area (Å²) in [5.41, 5.74) is 1.96. The molecule has 0 fully saturated rings. The number of aromatic nitrogens is 2. The molecule has 6 nitrogen and oxygen atoms in total. The number of unbranched alkanes of at least 4 members (excludes halogenated alkanes) is 2. The standard InChI is InChI=1S/C21H24Cl2N4O2/c1-2-3-4-9-24-21(29)26-15-6-8-19-16(11-15)20(28)27(13-25-19)12-14-5-7-17(22)18(23)10-14/h5-8,10,13,15H,2-4,9,11-12H2,1H3,(H2,24,26,29). The van der Waals surface area contributed by atoms with Crippen molar-refractivity contribution in [2.24, 2.45) is 0 Å². The Morgan fingerprint density at radius 2 is 2.10 bits per heavy atom. The van der Waals surface area contributed by atoms with Gasteiger partial charge in [-0.25, -0.2) is 9.78 Å². The van der Waals surface area contributed by atoms with E-state index in [1.165, 1.54) is 6.33 Å². The molecule has 0 saturated heterocycles. The van der Waals surface area contributed by atoms with Gasteiger partial charge in [0.2, 0.25) is 0 Å². The van der Waals surface area contributed by atoms with Gasteiger partial charge in [0.05, 0.1) is 34.7 Å². The largest absolute Gasteiger partial charge is 0.338 e. The van der Waals surface area contributed by atoms with Crippen molar-refractivity contribution in [1.29, 1.82) is 0 Å². The fraction of sp³-hybridized carbons (Fsp3) is 0.381. The number of nitrogens with one attached hydrogen (secondary N) is 2. The summed E-state index contributed by atoms with van der Waals surface area (Å²) in [6, 6.07) is 4.80.